The van der Waals surface area contributed by atoms with Crippen molar-refractivity contribution < 1.29 is 14.3 Å². The molecule has 0 spiro atoms. The number of hydrogen-bond donors (Lipinski definition) is 2. The van der Waals surface area contributed by atoms with Gasteiger partial charge >= 0.3 is 5.97 Å². The lowest BCUT2D eigenvalue weighted by Gasteiger charge is -2.59. The SMILES string of the molecule is CCOC(=O)c1c(NC(=O)[C@H](C)N[C@@H](C)C23CC4CC(CC(C4)C2)C3)sc2c1CC[C@@H](C)C2. The van der Waals surface area contributed by atoms with Crippen LogP contribution in [-0.4, -0.2) is 30.6 Å². The molecule has 1 amide bonds. The van der Waals surface area contributed by atoms with Gasteiger partial charge in [0.2, 0.25) is 5.91 Å². The zero-order chi connectivity index (χ0) is 23.3. The first-order valence-electron chi connectivity index (χ1n) is 13.2. The summed E-state index contributed by atoms with van der Waals surface area (Å²) in [4.78, 5) is 27.3. The first kappa shape index (κ1) is 23.3. The molecule has 0 unspecified atom stereocenters. The van der Waals surface area contributed by atoms with Crippen molar-refractivity contribution in [3.8, 4) is 0 Å². The van der Waals surface area contributed by atoms with Gasteiger partial charge in [-0.05, 0) is 113 Å². The monoisotopic (exact) mass is 472 g/mol. The van der Waals surface area contributed by atoms with Crippen LogP contribution in [0.2, 0.25) is 0 Å². The van der Waals surface area contributed by atoms with Gasteiger partial charge in [0.25, 0.3) is 0 Å². The van der Waals surface area contributed by atoms with E-state index in [0.29, 0.717) is 34.5 Å². The van der Waals surface area contributed by atoms with E-state index in [-0.39, 0.29) is 17.9 Å². The van der Waals surface area contributed by atoms with Crippen molar-refractivity contribution >= 4 is 28.2 Å². The Morgan fingerprint density at radius 2 is 1.76 bits per heavy atom. The van der Waals surface area contributed by atoms with Crippen molar-refractivity contribution in [2.45, 2.75) is 97.6 Å². The zero-order valence-corrected chi connectivity index (χ0v) is 21.5. The highest BCUT2D eigenvalue weighted by Crippen LogP contribution is 2.61. The van der Waals surface area contributed by atoms with Crippen molar-refractivity contribution in [2.24, 2.45) is 29.1 Å². The van der Waals surface area contributed by atoms with Crippen molar-refractivity contribution in [1.82, 2.24) is 5.32 Å². The fourth-order valence-corrected chi connectivity index (χ4v) is 9.22. The van der Waals surface area contributed by atoms with Gasteiger partial charge in [-0.1, -0.05) is 6.92 Å². The highest BCUT2D eigenvalue weighted by Gasteiger charge is 2.53. The van der Waals surface area contributed by atoms with E-state index >= 15 is 0 Å². The third kappa shape index (κ3) is 4.38. The summed E-state index contributed by atoms with van der Waals surface area (Å²) in [6.07, 6.45) is 11.2. The van der Waals surface area contributed by atoms with Crippen LogP contribution < -0.4 is 10.6 Å². The molecule has 4 saturated carbocycles. The van der Waals surface area contributed by atoms with E-state index < -0.39 is 0 Å². The average Bonchev–Trinajstić information content (AvgIpc) is 3.09. The molecule has 5 nitrogen and oxygen atoms in total. The normalized spacial score (nSPS) is 33.9. The van der Waals surface area contributed by atoms with Gasteiger partial charge in [0.15, 0.2) is 0 Å². The van der Waals surface area contributed by atoms with Gasteiger partial charge < -0.3 is 15.4 Å². The minimum atomic E-state index is -0.305. The number of carbonyl (C=O) groups excluding carboxylic acids is 2. The van der Waals surface area contributed by atoms with Gasteiger partial charge in [-0.25, -0.2) is 4.79 Å². The maximum Gasteiger partial charge on any atom is 0.341 e. The Bertz CT molecular complexity index is 887. The van der Waals surface area contributed by atoms with Crippen molar-refractivity contribution in [2.75, 3.05) is 11.9 Å². The molecule has 6 heteroatoms. The molecule has 0 radical (unpaired) electrons. The number of carbonyl (C=O) groups is 2. The molecule has 0 aromatic carbocycles. The number of ether oxygens (including phenoxy) is 1. The highest BCUT2D eigenvalue weighted by molar-refractivity contribution is 7.17. The lowest BCUT2D eigenvalue weighted by molar-refractivity contribution is -0.119. The fourth-order valence-electron chi connectivity index (χ4n) is 7.81. The maximum atomic E-state index is 13.3. The zero-order valence-electron chi connectivity index (χ0n) is 20.7. The molecule has 1 aromatic heterocycles. The molecule has 6 rings (SSSR count). The second-order valence-corrected chi connectivity index (χ2v) is 12.8. The van der Waals surface area contributed by atoms with Gasteiger partial charge in [-0.15, -0.1) is 11.3 Å². The van der Waals surface area contributed by atoms with Crippen LogP contribution in [0.3, 0.4) is 0 Å². The van der Waals surface area contributed by atoms with E-state index in [1.165, 1.54) is 43.4 Å². The Morgan fingerprint density at radius 1 is 1.12 bits per heavy atom. The molecule has 182 valence electrons. The fraction of sp³-hybridized carbons (Fsp3) is 0.778. The highest BCUT2D eigenvalue weighted by atomic mass is 32.1. The van der Waals surface area contributed by atoms with Gasteiger partial charge in [-0.3, -0.25) is 4.79 Å². The Kier molecular flexibility index (Phi) is 6.36. The Hall–Kier alpha value is -1.40. The molecule has 4 fully saturated rings. The topological polar surface area (TPSA) is 67.4 Å². The number of amides is 1. The summed E-state index contributed by atoms with van der Waals surface area (Å²) in [6, 6.07) is 0.0228. The van der Waals surface area contributed by atoms with Crippen LogP contribution >= 0.6 is 11.3 Å². The molecule has 4 bridgehead atoms. The minimum Gasteiger partial charge on any atom is -0.462 e. The second-order valence-electron chi connectivity index (χ2n) is 11.7. The molecule has 0 saturated heterocycles. The number of hydrogen-bond acceptors (Lipinski definition) is 5. The molecule has 1 heterocycles. The van der Waals surface area contributed by atoms with E-state index in [1.807, 2.05) is 13.8 Å². The summed E-state index contributed by atoms with van der Waals surface area (Å²) < 4.78 is 5.37. The Morgan fingerprint density at radius 3 is 2.36 bits per heavy atom. The van der Waals surface area contributed by atoms with Crippen LogP contribution in [0.1, 0.15) is 93.4 Å². The number of fused-ring (bicyclic) bond motifs is 1. The molecule has 33 heavy (non-hydrogen) atoms. The maximum absolute atomic E-state index is 13.3. The van der Waals surface area contributed by atoms with E-state index in [0.717, 1.165) is 42.6 Å². The van der Waals surface area contributed by atoms with Gasteiger partial charge in [-0.2, -0.15) is 0 Å². The molecule has 5 aliphatic rings. The van der Waals surface area contributed by atoms with Crippen molar-refractivity contribution in [3.05, 3.63) is 16.0 Å². The van der Waals surface area contributed by atoms with Crippen LogP contribution in [0.5, 0.6) is 0 Å². The lowest BCUT2D eigenvalue weighted by Crippen LogP contribution is -2.57. The summed E-state index contributed by atoms with van der Waals surface area (Å²) in [5.74, 6) is 2.95. The first-order chi connectivity index (χ1) is 15.8. The molecule has 0 aliphatic heterocycles. The summed E-state index contributed by atoms with van der Waals surface area (Å²) in [5, 5.41) is 7.47. The van der Waals surface area contributed by atoms with Crippen LogP contribution in [0, 0.1) is 29.1 Å². The summed E-state index contributed by atoms with van der Waals surface area (Å²) in [5.41, 5.74) is 2.05. The molecule has 1 aromatic rings. The Labute approximate surface area is 202 Å². The van der Waals surface area contributed by atoms with Crippen LogP contribution in [0.15, 0.2) is 0 Å². The van der Waals surface area contributed by atoms with Gasteiger partial charge in [0, 0.05) is 10.9 Å². The third-order valence-electron chi connectivity index (χ3n) is 9.13. The van der Waals surface area contributed by atoms with E-state index in [9.17, 15) is 9.59 Å². The van der Waals surface area contributed by atoms with Crippen molar-refractivity contribution in [3.63, 3.8) is 0 Å². The second kappa shape index (κ2) is 8.99. The van der Waals surface area contributed by atoms with E-state index in [2.05, 4.69) is 24.5 Å². The summed E-state index contributed by atoms with van der Waals surface area (Å²) in [6.45, 7) is 8.68. The predicted octanol–water partition coefficient (Wildman–Crippen LogP) is 5.57. The first-order valence-corrected chi connectivity index (χ1v) is 14.0. The van der Waals surface area contributed by atoms with Crippen LogP contribution in [0.25, 0.3) is 0 Å². The lowest BCUT2D eigenvalue weighted by atomic mass is 9.48. The largest absolute Gasteiger partial charge is 0.462 e. The van der Waals surface area contributed by atoms with Crippen LogP contribution in [0.4, 0.5) is 5.00 Å². The number of anilines is 1. The average molecular weight is 473 g/mol. The van der Waals surface area contributed by atoms with E-state index in [1.54, 1.807) is 11.3 Å². The number of thiophene rings is 1. The molecular weight excluding hydrogens is 432 g/mol. The molecule has 2 N–H and O–H groups in total. The quantitative estimate of drug-likeness (QED) is 0.509. The minimum absolute atomic E-state index is 0.0521. The number of nitrogens with one attached hydrogen (secondary N) is 2. The number of esters is 1. The Balaban J connectivity index is 1.29. The van der Waals surface area contributed by atoms with Gasteiger partial charge in [0.1, 0.15) is 5.00 Å². The van der Waals surface area contributed by atoms with Crippen LogP contribution in [-0.2, 0) is 22.4 Å². The van der Waals surface area contributed by atoms with Crippen molar-refractivity contribution in [1.29, 1.82) is 0 Å². The standard InChI is InChI=1S/C27H40N2O3S/c1-5-32-26(31)23-21-7-6-15(2)8-22(21)33-25(23)29-24(30)16(3)28-17(4)27-12-18-9-19(13-27)11-20(10-18)14-27/h15-20,28H,5-14H2,1-4H3,(H,29,30)/t15-,16+,17+,18?,19?,20?,27?/m1/s1. The van der Waals surface area contributed by atoms with Gasteiger partial charge in [0.05, 0.1) is 18.2 Å². The smallest absolute Gasteiger partial charge is 0.341 e. The predicted molar refractivity (Wildman–Crippen MR) is 133 cm³/mol. The van der Waals surface area contributed by atoms with E-state index in [4.69, 9.17) is 4.74 Å². The third-order valence-corrected chi connectivity index (χ3v) is 10.3. The molecule has 3 atom stereocenters. The summed E-state index contributed by atoms with van der Waals surface area (Å²) in [7, 11) is 0. The molecule has 5 aliphatic carbocycles. The number of rotatable bonds is 7. The summed E-state index contributed by atoms with van der Waals surface area (Å²) >= 11 is 1.57. The molecular formula is C27H40N2O3S.